The summed E-state index contributed by atoms with van der Waals surface area (Å²) >= 11 is 9.37. The molecule has 1 aromatic carbocycles. The maximum absolute atomic E-state index is 12.2. The Hall–Kier alpha value is -0.540. The van der Waals surface area contributed by atoms with Gasteiger partial charge in [-0.2, -0.15) is 0 Å². The van der Waals surface area contributed by atoms with Gasteiger partial charge in [0.05, 0.1) is 0 Å². The molecule has 0 aliphatic heterocycles. The number of rotatable bonds is 4. The van der Waals surface area contributed by atoms with E-state index in [9.17, 15) is 4.79 Å². The summed E-state index contributed by atoms with van der Waals surface area (Å²) in [5.41, 5.74) is 1.75. The maximum Gasteiger partial charge on any atom is 0.251 e. The smallest absolute Gasteiger partial charge is 0.251 e. The van der Waals surface area contributed by atoms with Crippen LogP contribution < -0.4 is 5.32 Å². The summed E-state index contributed by atoms with van der Waals surface area (Å²) in [5.74, 6) is 1.81. The minimum atomic E-state index is 0.0130. The molecular weight excluding hydrogens is 326 g/mol. The molecule has 1 aliphatic rings. The van der Waals surface area contributed by atoms with Crippen molar-refractivity contribution in [2.24, 2.45) is 11.8 Å². The van der Waals surface area contributed by atoms with Crippen LogP contribution in [0.1, 0.15) is 35.2 Å². The quantitative estimate of drug-likeness (QED) is 0.817. The molecule has 2 nitrogen and oxygen atoms in total. The zero-order valence-electron chi connectivity index (χ0n) is 11.1. The monoisotopic (exact) mass is 343 g/mol. The molecule has 0 radical (unpaired) electrons. The second-order valence-electron chi connectivity index (χ2n) is 5.27. The van der Waals surface area contributed by atoms with Crippen LogP contribution in [0, 0.1) is 18.8 Å². The van der Waals surface area contributed by atoms with Crippen molar-refractivity contribution >= 4 is 33.4 Å². The number of alkyl halides is 1. The first kappa shape index (κ1) is 14.9. The number of benzene rings is 1. The van der Waals surface area contributed by atoms with E-state index in [1.165, 1.54) is 19.3 Å². The highest BCUT2D eigenvalue weighted by atomic mass is 79.9. The summed E-state index contributed by atoms with van der Waals surface area (Å²) in [6, 6.07) is 5.78. The van der Waals surface area contributed by atoms with Gasteiger partial charge in [-0.05, 0) is 49.3 Å². The van der Waals surface area contributed by atoms with E-state index >= 15 is 0 Å². The van der Waals surface area contributed by atoms with Crippen LogP contribution in [-0.4, -0.2) is 18.3 Å². The molecule has 2 atom stereocenters. The van der Waals surface area contributed by atoms with Gasteiger partial charge in [0.15, 0.2) is 0 Å². The van der Waals surface area contributed by atoms with E-state index in [2.05, 4.69) is 21.2 Å². The van der Waals surface area contributed by atoms with Crippen molar-refractivity contribution in [3.05, 3.63) is 33.8 Å². The molecule has 1 saturated carbocycles. The summed E-state index contributed by atoms with van der Waals surface area (Å²) < 4.78 is 0.933. The Bertz CT molecular complexity index is 463. The lowest BCUT2D eigenvalue weighted by atomic mass is 9.98. The minimum absolute atomic E-state index is 0.0130. The summed E-state index contributed by atoms with van der Waals surface area (Å²) in [5, 5.41) is 3.05. The van der Waals surface area contributed by atoms with Crippen molar-refractivity contribution in [3.63, 3.8) is 0 Å². The van der Waals surface area contributed by atoms with Crippen molar-refractivity contribution in [3.8, 4) is 0 Å². The highest BCUT2D eigenvalue weighted by molar-refractivity contribution is 9.10. The maximum atomic E-state index is 12.2. The molecule has 0 bridgehead atoms. The molecule has 1 fully saturated rings. The van der Waals surface area contributed by atoms with Crippen molar-refractivity contribution in [2.45, 2.75) is 26.2 Å². The first-order valence-corrected chi connectivity index (χ1v) is 8.05. The first-order valence-electron chi connectivity index (χ1n) is 6.72. The Kier molecular flexibility index (Phi) is 5.28. The highest BCUT2D eigenvalue weighted by Crippen LogP contribution is 2.32. The molecule has 19 heavy (non-hydrogen) atoms. The van der Waals surface area contributed by atoms with Crippen LogP contribution in [-0.2, 0) is 0 Å². The second-order valence-corrected chi connectivity index (χ2v) is 6.50. The van der Waals surface area contributed by atoms with E-state index < -0.39 is 0 Å². The predicted molar refractivity (Wildman–Crippen MR) is 82.8 cm³/mol. The van der Waals surface area contributed by atoms with Crippen molar-refractivity contribution in [1.82, 2.24) is 5.32 Å². The van der Waals surface area contributed by atoms with Crippen LogP contribution in [0.25, 0.3) is 0 Å². The standard InChI is InChI=1S/C15H19BrClNO/c1-10-5-6-13(16)7-14(10)15(19)18-9-12-4-2-3-11(12)8-17/h5-7,11-12H,2-4,8-9H2,1H3,(H,18,19). The van der Waals surface area contributed by atoms with Crippen molar-refractivity contribution < 1.29 is 4.79 Å². The Morgan fingerprint density at radius 2 is 2.16 bits per heavy atom. The summed E-state index contributed by atoms with van der Waals surface area (Å²) in [6.45, 7) is 2.70. The summed E-state index contributed by atoms with van der Waals surface area (Å²) in [6.07, 6.45) is 3.60. The molecular formula is C15H19BrClNO. The molecule has 1 amide bonds. The number of carbonyl (C=O) groups excluding carboxylic acids is 1. The van der Waals surface area contributed by atoms with Gasteiger partial charge in [-0.15, -0.1) is 11.6 Å². The van der Waals surface area contributed by atoms with Crippen LogP contribution in [0.3, 0.4) is 0 Å². The van der Waals surface area contributed by atoms with Gasteiger partial charge in [-0.1, -0.05) is 28.4 Å². The van der Waals surface area contributed by atoms with Crippen LogP contribution >= 0.6 is 27.5 Å². The van der Waals surface area contributed by atoms with E-state index in [1.54, 1.807) is 0 Å². The van der Waals surface area contributed by atoms with Gasteiger partial charge in [0.2, 0.25) is 0 Å². The fourth-order valence-corrected chi connectivity index (χ4v) is 3.51. The normalized spacial score (nSPS) is 22.5. The molecule has 0 spiro atoms. The molecule has 0 aromatic heterocycles. The number of hydrogen-bond donors (Lipinski definition) is 1. The average molecular weight is 345 g/mol. The SMILES string of the molecule is Cc1ccc(Br)cc1C(=O)NCC1CCCC1CCl. The molecule has 0 heterocycles. The Morgan fingerprint density at radius 3 is 2.89 bits per heavy atom. The third kappa shape index (κ3) is 3.73. The lowest BCUT2D eigenvalue weighted by molar-refractivity contribution is 0.0944. The molecule has 0 saturated heterocycles. The van der Waals surface area contributed by atoms with E-state index in [0.717, 1.165) is 22.1 Å². The zero-order chi connectivity index (χ0) is 13.8. The van der Waals surface area contributed by atoms with E-state index in [-0.39, 0.29) is 5.91 Å². The van der Waals surface area contributed by atoms with E-state index in [0.29, 0.717) is 17.7 Å². The molecule has 2 unspecified atom stereocenters. The van der Waals surface area contributed by atoms with E-state index in [4.69, 9.17) is 11.6 Å². The van der Waals surface area contributed by atoms with Gasteiger partial charge in [-0.25, -0.2) is 0 Å². The van der Waals surface area contributed by atoms with Gasteiger partial charge >= 0.3 is 0 Å². The lowest BCUT2D eigenvalue weighted by Gasteiger charge is -2.18. The summed E-state index contributed by atoms with van der Waals surface area (Å²) in [7, 11) is 0. The molecule has 4 heteroatoms. The number of halogens is 2. The van der Waals surface area contributed by atoms with Gasteiger partial charge in [0.1, 0.15) is 0 Å². The average Bonchev–Trinajstić information content (AvgIpc) is 2.86. The Balaban J connectivity index is 1.96. The topological polar surface area (TPSA) is 29.1 Å². The van der Waals surface area contributed by atoms with Gasteiger partial charge in [0, 0.05) is 22.5 Å². The number of hydrogen-bond acceptors (Lipinski definition) is 1. The second kappa shape index (κ2) is 6.76. The van der Waals surface area contributed by atoms with Crippen molar-refractivity contribution in [2.75, 3.05) is 12.4 Å². The number of amides is 1. The Labute approximate surface area is 128 Å². The first-order chi connectivity index (χ1) is 9.11. The molecule has 1 aliphatic carbocycles. The molecule has 104 valence electrons. The van der Waals surface area contributed by atoms with Crippen LogP contribution in [0.2, 0.25) is 0 Å². The predicted octanol–water partition coefficient (Wildman–Crippen LogP) is 4.14. The third-order valence-electron chi connectivity index (χ3n) is 3.98. The van der Waals surface area contributed by atoms with Gasteiger partial charge < -0.3 is 5.32 Å². The number of aryl methyl sites for hydroxylation is 1. The van der Waals surface area contributed by atoms with E-state index in [1.807, 2.05) is 25.1 Å². The number of nitrogens with one attached hydrogen (secondary N) is 1. The van der Waals surface area contributed by atoms with Crippen LogP contribution in [0.15, 0.2) is 22.7 Å². The third-order valence-corrected chi connectivity index (χ3v) is 4.87. The van der Waals surface area contributed by atoms with Crippen LogP contribution in [0.5, 0.6) is 0 Å². The number of carbonyl (C=O) groups is 1. The van der Waals surface area contributed by atoms with Gasteiger partial charge in [0.25, 0.3) is 5.91 Å². The Morgan fingerprint density at radius 1 is 1.42 bits per heavy atom. The molecule has 2 rings (SSSR count). The van der Waals surface area contributed by atoms with Crippen molar-refractivity contribution in [1.29, 1.82) is 0 Å². The minimum Gasteiger partial charge on any atom is -0.352 e. The largest absolute Gasteiger partial charge is 0.352 e. The molecule has 1 N–H and O–H groups in total. The summed E-state index contributed by atoms with van der Waals surface area (Å²) in [4.78, 5) is 12.2. The van der Waals surface area contributed by atoms with Gasteiger partial charge in [-0.3, -0.25) is 4.79 Å². The lowest BCUT2D eigenvalue weighted by Crippen LogP contribution is -2.31. The fraction of sp³-hybridized carbons (Fsp3) is 0.533. The fourth-order valence-electron chi connectivity index (χ4n) is 2.74. The highest BCUT2D eigenvalue weighted by Gasteiger charge is 2.26. The zero-order valence-corrected chi connectivity index (χ0v) is 13.4. The van der Waals surface area contributed by atoms with Crippen LogP contribution in [0.4, 0.5) is 0 Å². The molecule has 1 aromatic rings.